The number of methoxy groups -OCH3 is 1. The first kappa shape index (κ1) is 24.5. The van der Waals surface area contributed by atoms with Crippen LogP contribution < -0.4 is 14.8 Å². The molecule has 3 aliphatic heterocycles. The van der Waals surface area contributed by atoms with E-state index in [9.17, 15) is 9.50 Å². The molecule has 6 rings (SSSR count). The van der Waals surface area contributed by atoms with Gasteiger partial charge in [-0.3, -0.25) is 0 Å². The summed E-state index contributed by atoms with van der Waals surface area (Å²) in [5.41, 5.74) is 0.997. The van der Waals surface area contributed by atoms with Crippen molar-refractivity contribution in [2.75, 3.05) is 20.3 Å². The number of ether oxygens (including phenoxy) is 3. The number of aliphatic hydroxyl groups is 1. The highest BCUT2D eigenvalue weighted by molar-refractivity contribution is 8.14. The van der Waals surface area contributed by atoms with E-state index in [2.05, 4.69) is 10.4 Å². The van der Waals surface area contributed by atoms with Gasteiger partial charge in [-0.25, -0.2) is 14.4 Å². The number of aromatic nitrogens is 1. The number of benzene rings is 1. The molecule has 0 radical (unpaired) electrons. The molecular weight excluding hydrogens is 519 g/mol. The average Bonchev–Trinajstić information content (AvgIpc) is 3.64. The van der Waals surface area contributed by atoms with Gasteiger partial charge in [0.05, 0.1) is 30.1 Å². The third kappa shape index (κ3) is 4.56. The number of hydrazone groups is 1. The largest absolute Gasteiger partial charge is 0.496 e. The number of hydrogen-bond acceptors (Lipinski definition) is 11. The second kappa shape index (κ2) is 9.50. The number of furan rings is 1. The fourth-order valence-corrected chi connectivity index (χ4v) is 6.47. The molecule has 3 aliphatic rings. The van der Waals surface area contributed by atoms with Crippen LogP contribution in [0.3, 0.4) is 0 Å². The summed E-state index contributed by atoms with van der Waals surface area (Å²) in [6, 6.07) is 5.53. The number of aryl methyl sites for hydroxylation is 1. The van der Waals surface area contributed by atoms with Gasteiger partial charge < -0.3 is 29.1 Å². The zero-order valence-corrected chi connectivity index (χ0v) is 22.2. The molecule has 0 bridgehead atoms. The van der Waals surface area contributed by atoms with E-state index in [1.165, 1.54) is 30.0 Å². The van der Waals surface area contributed by atoms with Crippen molar-refractivity contribution >= 4 is 44.8 Å². The van der Waals surface area contributed by atoms with Gasteiger partial charge in [0.2, 0.25) is 0 Å². The Morgan fingerprint density at radius 3 is 2.86 bits per heavy atom. The van der Waals surface area contributed by atoms with Gasteiger partial charge in [-0.1, -0.05) is 11.8 Å². The maximum Gasteiger partial charge on any atom is 0.174 e. The number of rotatable bonds is 7. The van der Waals surface area contributed by atoms with Crippen LogP contribution in [0.1, 0.15) is 41.1 Å². The monoisotopic (exact) mass is 546 g/mol. The molecule has 196 valence electrons. The van der Waals surface area contributed by atoms with Crippen molar-refractivity contribution < 1.29 is 28.1 Å². The molecular formula is C25H27FN4O5S2. The molecule has 5 heterocycles. The van der Waals surface area contributed by atoms with Crippen LogP contribution in [0.5, 0.6) is 11.5 Å². The molecule has 1 aromatic carbocycles. The lowest BCUT2D eigenvalue weighted by molar-refractivity contribution is -0.0681. The van der Waals surface area contributed by atoms with Crippen LogP contribution in [0.4, 0.5) is 4.39 Å². The van der Waals surface area contributed by atoms with Crippen molar-refractivity contribution in [2.24, 2.45) is 5.10 Å². The first-order valence-corrected chi connectivity index (χ1v) is 13.7. The van der Waals surface area contributed by atoms with Crippen LogP contribution in [0.2, 0.25) is 0 Å². The Morgan fingerprint density at radius 1 is 1.32 bits per heavy atom. The molecule has 1 fully saturated rings. The van der Waals surface area contributed by atoms with Crippen LogP contribution in [-0.2, 0) is 16.9 Å². The van der Waals surface area contributed by atoms with Crippen molar-refractivity contribution in [3.05, 3.63) is 45.7 Å². The van der Waals surface area contributed by atoms with Crippen LogP contribution in [0.25, 0.3) is 16.7 Å². The molecule has 9 nitrogen and oxygen atoms in total. The topological polar surface area (TPSA) is 102 Å². The minimum absolute atomic E-state index is 0.200. The minimum atomic E-state index is -1.11. The summed E-state index contributed by atoms with van der Waals surface area (Å²) in [5.74, 6) is 1.82. The highest BCUT2D eigenvalue weighted by Gasteiger charge is 2.36. The van der Waals surface area contributed by atoms with E-state index in [-0.39, 0.29) is 12.1 Å². The van der Waals surface area contributed by atoms with Crippen LogP contribution in [0.15, 0.2) is 33.9 Å². The predicted octanol–water partition coefficient (Wildman–Crippen LogP) is 4.69. The molecule has 2 aromatic heterocycles. The number of alkyl halides is 1. The van der Waals surface area contributed by atoms with Gasteiger partial charge in [0.25, 0.3) is 0 Å². The summed E-state index contributed by atoms with van der Waals surface area (Å²) >= 11 is 2.84. The van der Waals surface area contributed by atoms with Crippen molar-refractivity contribution in [1.82, 2.24) is 15.3 Å². The fraction of sp³-hybridized carbons (Fsp3) is 0.440. The van der Waals surface area contributed by atoms with Crippen LogP contribution >= 0.6 is 23.1 Å². The molecule has 1 saturated heterocycles. The Bertz CT molecular complexity index is 1400. The van der Waals surface area contributed by atoms with E-state index >= 15 is 0 Å². The summed E-state index contributed by atoms with van der Waals surface area (Å²) in [6.45, 7) is 4.75. The standard InChI is InChI=1S/C25H27FN4O5S2/c1-13(26)22-29-30-11-17(28-24(30)37-22)21-10-16-19(8-15(32-3)9-20(16)35-21)34-12-18-14(2)36-23(27-18)25(31)4-6-33-7-5-25/h8-11,13,24,28,31H,4-7,12H2,1-3H3/t13-,24?/m0/s1. The molecule has 2 N–H and O–H groups in total. The number of fused-ring (bicyclic) bond motifs is 2. The van der Waals surface area contributed by atoms with E-state index in [0.717, 1.165) is 21.7 Å². The lowest BCUT2D eigenvalue weighted by Crippen LogP contribution is -2.33. The van der Waals surface area contributed by atoms with Crippen molar-refractivity contribution in [3.8, 4) is 11.5 Å². The normalized spacial score (nSPS) is 21.4. The molecule has 0 spiro atoms. The summed E-state index contributed by atoms with van der Waals surface area (Å²) in [7, 11) is 1.59. The van der Waals surface area contributed by atoms with E-state index < -0.39 is 11.8 Å². The van der Waals surface area contributed by atoms with E-state index in [1.54, 1.807) is 12.1 Å². The number of thiazole rings is 1. The minimum Gasteiger partial charge on any atom is -0.496 e. The summed E-state index contributed by atoms with van der Waals surface area (Å²) < 4.78 is 36.9. The molecule has 2 atom stereocenters. The average molecular weight is 547 g/mol. The van der Waals surface area contributed by atoms with Crippen molar-refractivity contribution in [2.45, 2.75) is 50.6 Å². The number of halogens is 1. The van der Waals surface area contributed by atoms with Gasteiger partial charge >= 0.3 is 0 Å². The summed E-state index contributed by atoms with van der Waals surface area (Å²) in [6.07, 6.45) is 1.78. The van der Waals surface area contributed by atoms with E-state index in [1.807, 2.05) is 31.3 Å². The van der Waals surface area contributed by atoms with Gasteiger partial charge in [0, 0.05) is 43.1 Å². The molecule has 37 heavy (non-hydrogen) atoms. The fourth-order valence-electron chi connectivity index (χ4n) is 4.44. The number of hydrogen-bond donors (Lipinski definition) is 2. The van der Waals surface area contributed by atoms with Gasteiger partial charge in [0.15, 0.2) is 11.3 Å². The third-order valence-corrected chi connectivity index (χ3v) is 9.03. The molecule has 0 amide bonds. The Hall–Kier alpha value is -2.80. The quantitative estimate of drug-likeness (QED) is 0.437. The van der Waals surface area contributed by atoms with E-state index in [0.29, 0.717) is 58.9 Å². The zero-order chi connectivity index (χ0) is 25.7. The maximum absolute atomic E-state index is 13.6. The second-order valence-corrected chi connectivity index (χ2v) is 11.5. The lowest BCUT2D eigenvalue weighted by Gasteiger charge is -2.29. The maximum atomic E-state index is 13.6. The van der Waals surface area contributed by atoms with Gasteiger partial charge in [-0.05, 0) is 19.9 Å². The summed E-state index contributed by atoms with van der Waals surface area (Å²) in [4.78, 5) is 5.73. The lowest BCUT2D eigenvalue weighted by atomic mass is 9.95. The first-order valence-electron chi connectivity index (χ1n) is 12.0. The Balaban J connectivity index is 1.25. The van der Waals surface area contributed by atoms with Gasteiger partial charge in [0.1, 0.15) is 45.5 Å². The predicted molar refractivity (Wildman–Crippen MR) is 140 cm³/mol. The van der Waals surface area contributed by atoms with Crippen molar-refractivity contribution in [1.29, 1.82) is 0 Å². The smallest absolute Gasteiger partial charge is 0.174 e. The van der Waals surface area contributed by atoms with Crippen LogP contribution in [-0.4, -0.2) is 52.1 Å². The van der Waals surface area contributed by atoms with E-state index in [4.69, 9.17) is 23.6 Å². The van der Waals surface area contributed by atoms with Gasteiger partial charge in [-0.2, -0.15) is 5.10 Å². The first-order chi connectivity index (χ1) is 17.8. The Labute approximate surface area is 221 Å². The van der Waals surface area contributed by atoms with Crippen molar-refractivity contribution in [3.63, 3.8) is 0 Å². The number of nitrogens with one attached hydrogen (secondary N) is 1. The molecule has 0 saturated carbocycles. The molecule has 3 aromatic rings. The summed E-state index contributed by atoms with van der Waals surface area (Å²) in [5, 5.41) is 22.3. The number of thioether (sulfide) groups is 1. The molecule has 1 unspecified atom stereocenters. The highest BCUT2D eigenvalue weighted by Crippen LogP contribution is 2.40. The highest BCUT2D eigenvalue weighted by atomic mass is 32.2. The van der Waals surface area contributed by atoms with Crippen LogP contribution in [0, 0.1) is 6.92 Å². The molecule has 0 aliphatic carbocycles. The Kier molecular flexibility index (Phi) is 6.30. The van der Waals surface area contributed by atoms with Gasteiger partial charge in [-0.15, -0.1) is 11.3 Å². The Morgan fingerprint density at radius 2 is 2.14 bits per heavy atom. The third-order valence-electron chi connectivity index (χ3n) is 6.62. The second-order valence-electron chi connectivity index (χ2n) is 9.19. The molecule has 12 heteroatoms. The number of nitrogens with zero attached hydrogens (tertiary/aromatic N) is 3. The zero-order valence-electron chi connectivity index (χ0n) is 20.6. The SMILES string of the molecule is COc1cc(OCc2nc(C3(O)CCOCC3)sc2C)c2cc(C3=CN4N=C([C@H](C)F)SC4N3)oc2c1.